The van der Waals surface area contributed by atoms with Gasteiger partial charge in [-0.15, -0.1) is 0 Å². The number of aliphatic imine (C=N–C) groups is 1. The first-order valence-corrected chi connectivity index (χ1v) is 10.5. The summed E-state index contributed by atoms with van der Waals surface area (Å²) in [5.74, 6) is 0.829. The maximum Gasteiger partial charge on any atom is 0.259 e. The number of guanidine groups is 1. The Morgan fingerprint density at radius 1 is 0.900 bits per heavy atom. The van der Waals surface area contributed by atoms with E-state index < -0.39 is 0 Å². The molecule has 3 aromatic carbocycles. The van der Waals surface area contributed by atoms with Crippen molar-refractivity contribution in [3.05, 3.63) is 101 Å². The Hall–Kier alpha value is -3.40. The van der Waals surface area contributed by atoms with E-state index >= 15 is 0 Å². The fraction of sp³-hybridized carbons (Fsp3) is 0.231. The van der Waals surface area contributed by atoms with Gasteiger partial charge in [-0.05, 0) is 42.2 Å². The Kier molecular flexibility index (Phi) is 4.83. The highest BCUT2D eigenvalue weighted by Crippen LogP contribution is 2.28. The molecule has 4 nitrogen and oxygen atoms in total. The van der Waals surface area contributed by atoms with E-state index in [-0.39, 0.29) is 11.9 Å². The molecule has 2 heterocycles. The van der Waals surface area contributed by atoms with Crippen LogP contribution in [0, 0.1) is 6.92 Å². The third-order valence-electron chi connectivity index (χ3n) is 5.95. The number of rotatable bonds is 3. The number of amides is 1. The van der Waals surface area contributed by atoms with Crippen LogP contribution in [0.15, 0.2) is 83.9 Å². The molecule has 1 amide bonds. The van der Waals surface area contributed by atoms with Crippen LogP contribution in [0.1, 0.15) is 22.3 Å². The van der Waals surface area contributed by atoms with Gasteiger partial charge in [-0.2, -0.15) is 0 Å². The van der Waals surface area contributed by atoms with Crippen molar-refractivity contribution in [3.8, 4) is 0 Å². The largest absolute Gasteiger partial charge is 0.337 e. The van der Waals surface area contributed by atoms with E-state index in [1.165, 1.54) is 16.7 Å². The van der Waals surface area contributed by atoms with Gasteiger partial charge in [0.25, 0.3) is 5.91 Å². The van der Waals surface area contributed by atoms with Crippen molar-refractivity contribution in [1.82, 2.24) is 4.90 Å². The first-order chi connectivity index (χ1) is 14.7. The highest BCUT2D eigenvalue weighted by atomic mass is 16.2. The minimum Gasteiger partial charge on any atom is -0.337 e. The highest BCUT2D eigenvalue weighted by molar-refractivity contribution is 6.22. The van der Waals surface area contributed by atoms with Crippen LogP contribution in [0.3, 0.4) is 0 Å². The SMILES string of the molecule is Cc1ccc(N2C(=O)C(Cc3ccccc3)N=C2N2CCc3ccccc3C2)cc1. The molecule has 0 bridgehead atoms. The highest BCUT2D eigenvalue weighted by Gasteiger charge is 2.39. The van der Waals surface area contributed by atoms with Crippen molar-refractivity contribution in [1.29, 1.82) is 0 Å². The molecule has 2 aliphatic rings. The van der Waals surface area contributed by atoms with Gasteiger partial charge in [0.1, 0.15) is 6.04 Å². The number of carbonyl (C=O) groups excluding carboxylic acids is 1. The molecule has 150 valence electrons. The van der Waals surface area contributed by atoms with Gasteiger partial charge < -0.3 is 4.90 Å². The second kappa shape index (κ2) is 7.79. The average molecular weight is 396 g/mol. The van der Waals surface area contributed by atoms with Gasteiger partial charge in [-0.3, -0.25) is 4.79 Å². The van der Waals surface area contributed by atoms with E-state index in [9.17, 15) is 4.79 Å². The molecule has 3 aromatic rings. The molecule has 1 unspecified atom stereocenters. The van der Waals surface area contributed by atoms with Crippen molar-refractivity contribution in [2.45, 2.75) is 32.4 Å². The minimum atomic E-state index is -0.388. The zero-order chi connectivity index (χ0) is 20.5. The number of aryl methyl sites for hydroxylation is 1. The zero-order valence-corrected chi connectivity index (χ0v) is 17.2. The molecule has 0 aliphatic carbocycles. The van der Waals surface area contributed by atoms with Crippen LogP contribution in [0.2, 0.25) is 0 Å². The first-order valence-electron chi connectivity index (χ1n) is 10.5. The van der Waals surface area contributed by atoms with Crippen molar-refractivity contribution in [3.63, 3.8) is 0 Å². The van der Waals surface area contributed by atoms with Crippen LogP contribution in [-0.4, -0.2) is 29.4 Å². The van der Waals surface area contributed by atoms with E-state index in [0.717, 1.165) is 36.7 Å². The fourth-order valence-electron chi connectivity index (χ4n) is 4.30. The summed E-state index contributed by atoms with van der Waals surface area (Å²) >= 11 is 0. The van der Waals surface area contributed by atoms with Crippen molar-refractivity contribution < 1.29 is 4.79 Å². The number of carbonyl (C=O) groups is 1. The third-order valence-corrected chi connectivity index (χ3v) is 5.95. The Labute approximate surface area is 177 Å². The average Bonchev–Trinajstić information content (AvgIpc) is 3.11. The number of hydrogen-bond acceptors (Lipinski definition) is 3. The summed E-state index contributed by atoms with van der Waals surface area (Å²) in [6.45, 7) is 3.70. The Morgan fingerprint density at radius 3 is 2.37 bits per heavy atom. The summed E-state index contributed by atoms with van der Waals surface area (Å²) in [5, 5.41) is 0. The molecule has 0 fully saturated rings. The van der Waals surface area contributed by atoms with Crippen LogP contribution < -0.4 is 4.90 Å². The molecule has 0 radical (unpaired) electrons. The molecule has 0 saturated heterocycles. The maximum atomic E-state index is 13.5. The molecule has 30 heavy (non-hydrogen) atoms. The summed E-state index contributed by atoms with van der Waals surface area (Å²) in [6.07, 6.45) is 1.59. The minimum absolute atomic E-state index is 0.0524. The standard InChI is InChI=1S/C26H25N3O/c1-19-11-13-23(14-12-19)29-25(30)24(17-20-7-3-2-4-8-20)27-26(29)28-16-15-21-9-5-6-10-22(21)18-28/h2-14,24H,15-18H2,1H3. The van der Waals surface area contributed by atoms with Gasteiger partial charge in [0, 0.05) is 19.5 Å². The van der Waals surface area contributed by atoms with Crippen LogP contribution >= 0.6 is 0 Å². The fourth-order valence-corrected chi connectivity index (χ4v) is 4.30. The third kappa shape index (κ3) is 3.50. The lowest BCUT2D eigenvalue weighted by atomic mass is 10.0. The van der Waals surface area contributed by atoms with Gasteiger partial charge in [0.15, 0.2) is 0 Å². The van der Waals surface area contributed by atoms with E-state index in [4.69, 9.17) is 4.99 Å². The number of nitrogens with zero attached hydrogens (tertiary/aromatic N) is 3. The van der Waals surface area contributed by atoms with E-state index in [2.05, 4.69) is 60.4 Å². The molecule has 5 rings (SSSR count). The number of hydrogen-bond donors (Lipinski definition) is 0. The van der Waals surface area contributed by atoms with Crippen LogP contribution in [-0.2, 0) is 24.2 Å². The number of benzene rings is 3. The topological polar surface area (TPSA) is 35.9 Å². The summed E-state index contributed by atoms with van der Waals surface area (Å²) in [4.78, 5) is 22.5. The zero-order valence-electron chi connectivity index (χ0n) is 17.2. The number of fused-ring (bicyclic) bond motifs is 1. The van der Waals surface area contributed by atoms with E-state index in [1.54, 1.807) is 0 Å². The molecule has 4 heteroatoms. The lowest BCUT2D eigenvalue weighted by molar-refractivity contribution is -0.118. The summed E-state index contributed by atoms with van der Waals surface area (Å²) in [7, 11) is 0. The van der Waals surface area contributed by atoms with E-state index in [0.29, 0.717) is 6.42 Å². The first kappa shape index (κ1) is 18.6. The lowest BCUT2D eigenvalue weighted by Crippen LogP contribution is -2.46. The van der Waals surface area contributed by atoms with Crippen LogP contribution in [0.5, 0.6) is 0 Å². The second-order valence-corrected chi connectivity index (χ2v) is 8.08. The molecule has 0 N–H and O–H groups in total. The smallest absolute Gasteiger partial charge is 0.259 e. The van der Waals surface area contributed by atoms with Gasteiger partial charge >= 0.3 is 0 Å². The summed E-state index contributed by atoms with van der Waals surface area (Å²) < 4.78 is 0. The Morgan fingerprint density at radius 2 is 1.60 bits per heavy atom. The number of anilines is 1. The maximum absolute atomic E-state index is 13.5. The molecular formula is C26H25N3O. The predicted octanol–water partition coefficient (Wildman–Crippen LogP) is 4.37. The van der Waals surface area contributed by atoms with Gasteiger partial charge in [0.2, 0.25) is 5.96 Å². The van der Waals surface area contributed by atoms with Gasteiger partial charge in [-0.25, -0.2) is 9.89 Å². The quantitative estimate of drug-likeness (QED) is 0.660. The predicted molar refractivity (Wildman–Crippen MR) is 121 cm³/mol. The molecule has 0 aromatic heterocycles. The summed E-state index contributed by atoms with van der Waals surface area (Å²) in [5.41, 5.74) is 5.90. The second-order valence-electron chi connectivity index (χ2n) is 8.08. The normalized spacial score (nSPS) is 18.4. The molecule has 2 aliphatic heterocycles. The Balaban J connectivity index is 1.49. The molecule has 0 spiro atoms. The Bertz CT molecular complexity index is 1090. The summed E-state index contributed by atoms with van der Waals surface area (Å²) in [6, 6.07) is 26.5. The van der Waals surface area contributed by atoms with Crippen LogP contribution in [0.25, 0.3) is 0 Å². The van der Waals surface area contributed by atoms with Gasteiger partial charge in [-0.1, -0.05) is 72.3 Å². The monoisotopic (exact) mass is 395 g/mol. The van der Waals surface area contributed by atoms with Crippen molar-refractivity contribution in [2.24, 2.45) is 4.99 Å². The molecule has 0 saturated carbocycles. The lowest BCUT2D eigenvalue weighted by Gasteiger charge is -2.33. The van der Waals surface area contributed by atoms with Gasteiger partial charge in [0.05, 0.1) is 5.69 Å². The van der Waals surface area contributed by atoms with Crippen molar-refractivity contribution in [2.75, 3.05) is 11.4 Å². The molecular weight excluding hydrogens is 370 g/mol. The van der Waals surface area contributed by atoms with Crippen molar-refractivity contribution >= 4 is 17.6 Å². The molecule has 1 atom stereocenters. The van der Waals surface area contributed by atoms with E-state index in [1.807, 2.05) is 35.2 Å². The van der Waals surface area contributed by atoms with Crippen LogP contribution in [0.4, 0.5) is 5.69 Å².